The van der Waals surface area contributed by atoms with E-state index in [0.717, 1.165) is 13.0 Å². The molecule has 0 aliphatic carbocycles. The van der Waals surface area contributed by atoms with Crippen LogP contribution in [0.5, 0.6) is 0 Å². The maximum absolute atomic E-state index is 5.84. The van der Waals surface area contributed by atoms with Gasteiger partial charge in [0.2, 0.25) is 0 Å². The first kappa shape index (κ1) is 13.9. The highest BCUT2D eigenvalue weighted by molar-refractivity contribution is 5.30. The molecule has 1 aromatic rings. The monoisotopic (exact) mass is 232 g/mol. The molecule has 1 unspecified atom stereocenters. The number of hydrogen-bond donors (Lipinski definition) is 2. The molecule has 0 heterocycles. The third-order valence-corrected chi connectivity index (χ3v) is 2.82. The standard InChI is InChI=1S/C15H24N2/c1-4-5-6-7-17-15(11-16)14-9-12(2)8-13(3)10-14/h4-5,8-10,15,17H,6-7,11,16H2,1-3H3/b5-4+. The average Bonchev–Trinajstić information content (AvgIpc) is 2.28. The molecule has 1 aromatic carbocycles. The summed E-state index contributed by atoms with van der Waals surface area (Å²) in [5.41, 5.74) is 9.74. The molecule has 17 heavy (non-hydrogen) atoms. The molecule has 1 rings (SSSR count). The van der Waals surface area contributed by atoms with Gasteiger partial charge in [-0.1, -0.05) is 41.5 Å². The number of benzene rings is 1. The zero-order valence-electron chi connectivity index (χ0n) is 11.2. The van der Waals surface area contributed by atoms with Crippen LogP contribution in [0.3, 0.4) is 0 Å². The van der Waals surface area contributed by atoms with Gasteiger partial charge in [-0.2, -0.15) is 0 Å². The fraction of sp³-hybridized carbons (Fsp3) is 0.467. The summed E-state index contributed by atoms with van der Waals surface area (Å²) in [6.07, 6.45) is 5.30. The van der Waals surface area contributed by atoms with Crippen LogP contribution in [-0.2, 0) is 0 Å². The van der Waals surface area contributed by atoms with Crippen molar-refractivity contribution in [2.75, 3.05) is 13.1 Å². The Morgan fingerprint density at radius 1 is 1.24 bits per heavy atom. The summed E-state index contributed by atoms with van der Waals surface area (Å²) in [6, 6.07) is 6.89. The zero-order chi connectivity index (χ0) is 12.7. The molecule has 0 bridgehead atoms. The van der Waals surface area contributed by atoms with Crippen molar-refractivity contribution < 1.29 is 0 Å². The lowest BCUT2D eigenvalue weighted by atomic mass is 10.0. The third-order valence-electron chi connectivity index (χ3n) is 2.82. The molecule has 0 saturated heterocycles. The number of hydrogen-bond acceptors (Lipinski definition) is 2. The number of nitrogens with one attached hydrogen (secondary N) is 1. The van der Waals surface area contributed by atoms with Crippen molar-refractivity contribution in [3.63, 3.8) is 0 Å². The van der Waals surface area contributed by atoms with E-state index in [1.165, 1.54) is 16.7 Å². The SMILES string of the molecule is C/C=C/CCNC(CN)c1cc(C)cc(C)c1. The van der Waals surface area contributed by atoms with Gasteiger partial charge < -0.3 is 11.1 Å². The Kier molecular flexibility index (Phi) is 5.95. The van der Waals surface area contributed by atoms with Crippen molar-refractivity contribution >= 4 is 0 Å². The van der Waals surface area contributed by atoms with Gasteiger partial charge in [0.05, 0.1) is 0 Å². The Morgan fingerprint density at radius 2 is 1.88 bits per heavy atom. The molecule has 0 aromatic heterocycles. The van der Waals surface area contributed by atoms with Crippen LogP contribution in [0.2, 0.25) is 0 Å². The van der Waals surface area contributed by atoms with E-state index in [9.17, 15) is 0 Å². The molecule has 0 spiro atoms. The van der Waals surface area contributed by atoms with Crippen LogP contribution < -0.4 is 11.1 Å². The fourth-order valence-electron chi connectivity index (χ4n) is 2.06. The van der Waals surface area contributed by atoms with E-state index in [4.69, 9.17) is 5.73 Å². The Balaban J connectivity index is 2.65. The molecule has 2 heteroatoms. The molecule has 94 valence electrons. The van der Waals surface area contributed by atoms with Gasteiger partial charge in [0, 0.05) is 12.6 Å². The first-order valence-corrected chi connectivity index (χ1v) is 6.30. The van der Waals surface area contributed by atoms with Crippen LogP contribution in [0.15, 0.2) is 30.4 Å². The maximum atomic E-state index is 5.84. The van der Waals surface area contributed by atoms with Crippen LogP contribution in [0.4, 0.5) is 0 Å². The number of allylic oxidation sites excluding steroid dienone is 1. The van der Waals surface area contributed by atoms with Crippen LogP contribution in [0.1, 0.15) is 36.1 Å². The maximum Gasteiger partial charge on any atom is 0.0444 e. The Hall–Kier alpha value is -1.12. The van der Waals surface area contributed by atoms with Crippen molar-refractivity contribution in [3.05, 3.63) is 47.0 Å². The van der Waals surface area contributed by atoms with E-state index < -0.39 is 0 Å². The second-order valence-corrected chi connectivity index (χ2v) is 4.52. The van der Waals surface area contributed by atoms with Crippen molar-refractivity contribution in [1.82, 2.24) is 5.32 Å². The van der Waals surface area contributed by atoms with Gasteiger partial charge in [-0.15, -0.1) is 0 Å². The van der Waals surface area contributed by atoms with Gasteiger partial charge in [0.15, 0.2) is 0 Å². The van der Waals surface area contributed by atoms with Crippen LogP contribution in [-0.4, -0.2) is 13.1 Å². The van der Waals surface area contributed by atoms with Gasteiger partial charge in [-0.3, -0.25) is 0 Å². The highest BCUT2D eigenvalue weighted by Crippen LogP contribution is 2.16. The van der Waals surface area contributed by atoms with E-state index in [1.807, 2.05) is 6.92 Å². The van der Waals surface area contributed by atoms with E-state index in [0.29, 0.717) is 6.54 Å². The highest BCUT2D eigenvalue weighted by Gasteiger charge is 2.08. The molecule has 0 aliphatic rings. The van der Waals surface area contributed by atoms with Crippen LogP contribution >= 0.6 is 0 Å². The number of nitrogens with two attached hydrogens (primary N) is 1. The van der Waals surface area contributed by atoms with Crippen molar-refractivity contribution in [1.29, 1.82) is 0 Å². The average molecular weight is 232 g/mol. The smallest absolute Gasteiger partial charge is 0.0444 e. The van der Waals surface area contributed by atoms with E-state index in [2.05, 4.69) is 49.5 Å². The molecule has 0 radical (unpaired) electrons. The highest BCUT2D eigenvalue weighted by atomic mass is 14.9. The summed E-state index contributed by atoms with van der Waals surface area (Å²) in [4.78, 5) is 0. The third kappa shape index (κ3) is 4.72. The molecular weight excluding hydrogens is 208 g/mol. The fourth-order valence-corrected chi connectivity index (χ4v) is 2.06. The van der Waals surface area contributed by atoms with E-state index in [1.54, 1.807) is 0 Å². The molecule has 0 aliphatic heterocycles. The molecule has 1 atom stereocenters. The molecule has 3 N–H and O–H groups in total. The lowest BCUT2D eigenvalue weighted by molar-refractivity contribution is 0.547. The second kappa shape index (κ2) is 7.25. The minimum absolute atomic E-state index is 0.263. The minimum Gasteiger partial charge on any atom is -0.329 e. The van der Waals surface area contributed by atoms with Crippen molar-refractivity contribution in [2.24, 2.45) is 5.73 Å². The van der Waals surface area contributed by atoms with Crippen molar-refractivity contribution in [2.45, 2.75) is 33.2 Å². The molecule has 0 saturated carbocycles. The Morgan fingerprint density at radius 3 is 2.41 bits per heavy atom. The summed E-state index contributed by atoms with van der Waals surface area (Å²) in [5, 5.41) is 3.50. The summed E-state index contributed by atoms with van der Waals surface area (Å²) in [6.45, 7) is 7.91. The molecule has 0 amide bonds. The first-order chi connectivity index (χ1) is 8.17. The molecular formula is C15H24N2. The first-order valence-electron chi connectivity index (χ1n) is 6.30. The summed E-state index contributed by atoms with van der Waals surface area (Å²) < 4.78 is 0. The lowest BCUT2D eigenvalue weighted by Crippen LogP contribution is -2.29. The topological polar surface area (TPSA) is 38.0 Å². The van der Waals surface area contributed by atoms with Gasteiger partial charge in [0.25, 0.3) is 0 Å². The summed E-state index contributed by atoms with van der Waals surface area (Å²) in [5.74, 6) is 0. The van der Waals surface area contributed by atoms with E-state index >= 15 is 0 Å². The van der Waals surface area contributed by atoms with Gasteiger partial charge in [-0.25, -0.2) is 0 Å². The quantitative estimate of drug-likeness (QED) is 0.584. The van der Waals surface area contributed by atoms with Crippen LogP contribution in [0.25, 0.3) is 0 Å². The van der Waals surface area contributed by atoms with E-state index in [-0.39, 0.29) is 6.04 Å². The predicted octanol–water partition coefficient (Wildman–Crippen LogP) is 2.86. The van der Waals surface area contributed by atoms with Gasteiger partial charge in [0.1, 0.15) is 0 Å². The van der Waals surface area contributed by atoms with Crippen LogP contribution in [0, 0.1) is 13.8 Å². The normalized spacial score (nSPS) is 13.2. The zero-order valence-corrected chi connectivity index (χ0v) is 11.2. The molecule has 2 nitrogen and oxygen atoms in total. The molecule has 0 fully saturated rings. The Bertz CT molecular complexity index is 349. The van der Waals surface area contributed by atoms with Gasteiger partial charge >= 0.3 is 0 Å². The predicted molar refractivity (Wildman–Crippen MR) is 75.1 cm³/mol. The van der Waals surface area contributed by atoms with Gasteiger partial charge in [-0.05, 0) is 39.3 Å². The van der Waals surface area contributed by atoms with Crippen molar-refractivity contribution in [3.8, 4) is 0 Å². The summed E-state index contributed by atoms with van der Waals surface area (Å²) in [7, 11) is 0. The minimum atomic E-state index is 0.263. The Labute approximate surface area is 105 Å². The number of aryl methyl sites for hydroxylation is 2. The number of rotatable bonds is 6. The second-order valence-electron chi connectivity index (χ2n) is 4.52. The largest absolute Gasteiger partial charge is 0.329 e. The summed E-state index contributed by atoms with van der Waals surface area (Å²) >= 11 is 0. The lowest BCUT2D eigenvalue weighted by Gasteiger charge is -2.18.